The lowest BCUT2D eigenvalue weighted by molar-refractivity contribution is -0.137. The fraction of sp³-hybridized carbons (Fsp3) is 0.778. The van der Waals surface area contributed by atoms with Gasteiger partial charge >= 0.3 is 0 Å². The molecule has 3 fully saturated rings. The Morgan fingerprint density at radius 1 is 1.19 bits per heavy atom. The summed E-state index contributed by atoms with van der Waals surface area (Å²) in [5.74, 6) is 0.995. The SMILES string of the molecule is O=C(NC1CCC1)c1nnc2n1CC1(CCN(C(=O)C3CCOC3)C1)OC2. The van der Waals surface area contributed by atoms with E-state index in [1.165, 1.54) is 0 Å². The number of hydrogen-bond donors (Lipinski definition) is 1. The minimum Gasteiger partial charge on any atom is -0.381 e. The van der Waals surface area contributed by atoms with Crippen molar-refractivity contribution in [3.8, 4) is 0 Å². The van der Waals surface area contributed by atoms with Gasteiger partial charge in [-0.15, -0.1) is 10.2 Å². The van der Waals surface area contributed by atoms with Gasteiger partial charge in [0.2, 0.25) is 11.7 Å². The molecule has 4 aliphatic rings. The van der Waals surface area contributed by atoms with Gasteiger partial charge in [0.05, 0.1) is 25.6 Å². The second-order valence-electron chi connectivity index (χ2n) is 8.17. The zero-order valence-corrected chi connectivity index (χ0v) is 15.4. The van der Waals surface area contributed by atoms with Gasteiger partial charge in [-0.3, -0.25) is 9.59 Å². The third-order valence-electron chi connectivity index (χ3n) is 6.33. The molecule has 2 saturated heterocycles. The molecule has 5 rings (SSSR count). The van der Waals surface area contributed by atoms with Crippen LogP contribution in [0.3, 0.4) is 0 Å². The number of carbonyl (C=O) groups excluding carboxylic acids is 2. The molecule has 2 unspecified atom stereocenters. The number of hydrogen-bond acceptors (Lipinski definition) is 6. The van der Waals surface area contributed by atoms with Crippen LogP contribution in [0.1, 0.15) is 48.5 Å². The molecule has 2 atom stereocenters. The molecule has 9 nitrogen and oxygen atoms in total. The third kappa shape index (κ3) is 3.02. The van der Waals surface area contributed by atoms with Gasteiger partial charge in [-0.2, -0.15) is 0 Å². The van der Waals surface area contributed by atoms with Gasteiger partial charge in [-0.25, -0.2) is 0 Å². The van der Waals surface area contributed by atoms with Crippen molar-refractivity contribution in [1.82, 2.24) is 25.0 Å². The Balaban J connectivity index is 1.29. The van der Waals surface area contributed by atoms with E-state index in [4.69, 9.17) is 9.47 Å². The number of nitrogens with one attached hydrogen (secondary N) is 1. The summed E-state index contributed by atoms with van der Waals surface area (Å²) in [6.45, 7) is 3.23. The first-order valence-electron chi connectivity index (χ1n) is 9.87. The number of rotatable bonds is 3. The number of ether oxygens (including phenoxy) is 2. The van der Waals surface area contributed by atoms with Crippen LogP contribution in [0.4, 0.5) is 0 Å². The lowest BCUT2D eigenvalue weighted by atomic mass is 9.93. The van der Waals surface area contributed by atoms with Crippen molar-refractivity contribution in [1.29, 1.82) is 0 Å². The highest BCUT2D eigenvalue weighted by Crippen LogP contribution is 2.34. The Bertz CT molecular complexity index is 755. The summed E-state index contributed by atoms with van der Waals surface area (Å²) in [4.78, 5) is 27.2. The fourth-order valence-electron chi connectivity index (χ4n) is 4.40. The monoisotopic (exact) mass is 375 g/mol. The standard InChI is InChI=1S/C18H25N5O4/c24-16(19-13-2-1-3-13)15-21-20-14-9-27-18(11-23(14)15)5-6-22(10-18)17(25)12-4-7-26-8-12/h12-13H,1-11H2,(H,19,24). The zero-order valence-electron chi connectivity index (χ0n) is 15.4. The number of fused-ring (bicyclic) bond motifs is 1. The van der Waals surface area contributed by atoms with Gasteiger partial charge in [0.1, 0.15) is 12.2 Å². The molecule has 146 valence electrons. The molecule has 1 aromatic heterocycles. The number of nitrogens with zero attached hydrogens (tertiary/aromatic N) is 4. The van der Waals surface area contributed by atoms with Crippen molar-refractivity contribution in [2.75, 3.05) is 26.3 Å². The summed E-state index contributed by atoms with van der Waals surface area (Å²) in [6.07, 6.45) is 4.77. The van der Waals surface area contributed by atoms with E-state index in [0.717, 1.165) is 32.1 Å². The van der Waals surface area contributed by atoms with Crippen LogP contribution in [0.5, 0.6) is 0 Å². The van der Waals surface area contributed by atoms with Crippen molar-refractivity contribution < 1.29 is 19.1 Å². The number of likely N-dealkylation sites (tertiary alicyclic amines) is 1. The van der Waals surface area contributed by atoms with E-state index >= 15 is 0 Å². The maximum absolute atomic E-state index is 12.7. The molecular weight excluding hydrogens is 350 g/mol. The van der Waals surface area contributed by atoms with Gasteiger partial charge in [-0.05, 0) is 32.1 Å². The van der Waals surface area contributed by atoms with Gasteiger partial charge in [0.15, 0.2) is 5.82 Å². The number of carbonyl (C=O) groups is 2. The molecular formula is C18H25N5O4. The van der Waals surface area contributed by atoms with Crippen LogP contribution in [-0.4, -0.2) is 69.4 Å². The Kier molecular flexibility index (Phi) is 4.16. The summed E-state index contributed by atoms with van der Waals surface area (Å²) < 4.78 is 13.4. The summed E-state index contributed by atoms with van der Waals surface area (Å²) in [5.41, 5.74) is -0.462. The van der Waals surface area contributed by atoms with E-state index in [-0.39, 0.29) is 23.8 Å². The van der Waals surface area contributed by atoms with Crippen LogP contribution in [-0.2, 0) is 27.4 Å². The lowest BCUT2D eigenvalue weighted by Crippen LogP contribution is -2.47. The first-order valence-corrected chi connectivity index (χ1v) is 9.87. The van der Waals surface area contributed by atoms with Gasteiger partial charge in [0, 0.05) is 19.2 Å². The van der Waals surface area contributed by atoms with Crippen LogP contribution in [0, 0.1) is 5.92 Å². The minimum atomic E-state index is -0.462. The van der Waals surface area contributed by atoms with Crippen molar-refractivity contribution in [3.05, 3.63) is 11.6 Å². The molecule has 4 heterocycles. The van der Waals surface area contributed by atoms with E-state index in [1.54, 1.807) is 0 Å². The van der Waals surface area contributed by atoms with Crippen LogP contribution in [0.25, 0.3) is 0 Å². The highest BCUT2D eigenvalue weighted by molar-refractivity contribution is 5.91. The van der Waals surface area contributed by atoms with Gasteiger partial charge < -0.3 is 24.3 Å². The quantitative estimate of drug-likeness (QED) is 0.805. The minimum absolute atomic E-state index is 0.0296. The van der Waals surface area contributed by atoms with Gasteiger partial charge in [-0.1, -0.05) is 0 Å². The Morgan fingerprint density at radius 2 is 2.07 bits per heavy atom. The van der Waals surface area contributed by atoms with Crippen LogP contribution in [0.2, 0.25) is 0 Å². The Labute approximate surface area is 157 Å². The van der Waals surface area contributed by atoms with Crippen LogP contribution in [0.15, 0.2) is 0 Å². The Morgan fingerprint density at radius 3 is 2.81 bits per heavy atom. The molecule has 1 N–H and O–H groups in total. The molecule has 0 aromatic carbocycles. The first kappa shape index (κ1) is 17.1. The lowest BCUT2D eigenvalue weighted by Gasteiger charge is -2.34. The molecule has 27 heavy (non-hydrogen) atoms. The molecule has 1 aromatic rings. The highest BCUT2D eigenvalue weighted by Gasteiger charge is 2.46. The van der Waals surface area contributed by atoms with E-state index in [2.05, 4.69) is 15.5 Å². The van der Waals surface area contributed by atoms with Crippen molar-refractivity contribution in [2.24, 2.45) is 5.92 Å². The summed E-state index contributed by atoms with van der Waals surface area (Å²) in [7, 11) is 0. The van der Waals surface area contributed by atoms with Crippen molar-refractivity contribution in [2.45, 2.75) is 56.9 Å². The number of aromatic nitrogens is 3. The van der Waals surface area contributed by atoms with E-state index in [0.29, 0.717) is 51.1 Å². The van der Waals surface area contributed by atoms with Crippen LogP contribution >= 0.6 is 0 Å². The highest BCUT2D eigenvalue weighted by atomic mass is 16.5. The molecule has 0 radical (unpaired) electrons. The van der Waals surface area contributed by atoms with Gasteiger partial charge in [0.25, 0.3) is 5.91 Å². The summed E-state index contributed by atoms with van der Waals surface area (Å²) >= 11 is 0. The molecule has 3 aliphatic heterocycles. The second kappa shape index (κ2) is 6.56. The third-order valence-corrected chi connectivity index (χ3v) is 6.33. The van der Waals surface area contributed by atoms with Crippen LogP contribution < -0.4 is 5.32 Å². The van der Waals surface area contributed by atoms with E-state index in [9.17, 15) is 9.59 Å². The van der Waals surface area contributed by atoms with E-state index in [1.807, 2.05) is 9.47 Å². The molecule has 1 saturated carbocycles. The smallest absolute Gasteiger partial charge is 0.289 e. The fourth-order valence-corrected chi connectivity index (χ4v) is 4.40. The average Bonchev–Trinajstić information content (AvgIpc) is 3.37. The van der Waals surface area contributed by atoms with Crippen molar-refractivity contribution in [3.63, 3.8) is 0 Å². The molecule has 9 heteroatoms. The molecule has 1 spiro atoms. The zero-order chi connectivity index (χ0) is 18.4. The Hall–Kier alpha value is -2.00. The topological polar surface area (TPSA) is 98.6 Å². The summed E-state index contributed by atoms with van der Waals surface area (Å²) in [5, 5.41) is 11.3. The normalized spacial score (nSPS) is 30.4. The predicted octanol–water partition coefficient (Wildman–Crippen LogP) is 0.0982. The van der Waals surface area contributed by atoms with Crippen molar-refractivity contribution >= 4 is 11.8 Å². The largest absolute Gasteiger partial charge is 0.381 e. The first-order chi connectivity index (χ1) is 13.1. The maximum atomic E-state index is 12.7. The summed E-state index contributed by atoms with van der Waals surface area (Å²) in [6, 6.07) is 0.257. The second-order valence-corrected chi connectivity index (χ2v) is 8.17. The van der Waals surface area contributed by atoms with E-state index < -0.39 is 5.60 Å². The number of amides is 2. The average molecular weight is 375 g/mol. The maximum Gasteiger partial charge on any atom is 0.289 e. The molecule has 1 aliphatic carbocycles. The molecule has 2 amide bonds. The molecule has 0 bridgehead atoms. The predicted molar refractivity (Wildman–Crippen MR) is 92.8 cm³/mol.